The molecule has 4 heteroatoms. The molecule has 0 radical (unpaired) electrons. The molecule has 0 bridgehead atoms. The van der Waals surface area contributed by atoms with E-state index in [1.54, 1.807) is 0 Å². The van der Waals surface area contributed by atoms with Gasteiger partial charge in [0.2, 0.25) is 0 Å². The summed E-state index contributed by atoms with van der Waals surface area (Å²) in [6, 6.07) is 6.30. The lowest BCUT2D eigenvalue weighted by Gasteiger charge is -2.21. The molecular formula is C16H28N4. The lowest BCUT2D eigenvalue weighted by molar-refractivity contribution is 0.247. The second-order valence-corrected chi connectivity index (χ2v) is 5.74. The van der Waals surface area contributed by atoms with Crippen LogP contribution in [0.1, 0.15) is 30.7 Å². The highest BCUT2D eigenvalue weighted by atomic mass is 15.2. The fourth-order valence-electron chi connectivity index (χ4n) is 2.80. The molecule has 0 unspecified atom stereocenters. The van der Waals surface area contributed by atoms with E-state index >= 15 is 0 Å². The van der Waals surface area contributed by atoms with Crippen LogP contribution in [0.3, 0.4) is 0 Å². The summed E-state index contributed by atoms with van der Waals surface area (Å²) in [7, 11) is 0. The summed E-state index contributed by atoms with van der Waals surface area (Å²) >= 11 is 0. The Balaban J connectivity index is 1.77. The molecule has 4 nitrogen and oxygen atoms in total. The average molecular weight is 276 g/mol. The summed E-state index contributed by atoms with van der Waals surface area (Å²) in [6.07, 6.45) is 3.64. The van der Waals surface area contributed by atoms with Gasteiger partial charge in [-0.1, -0.05) is 6.07 Å². The molecular weight excluding hydrogens is 248 g/mol. The van der Waals surface area contributed by atoms with Gasteiger partial charge >= 0.3 is 0 Å². The van der Waals surface area contributed by atoms with E-state index in [0.717, 1.165) is 31.7 Å². The first kappa shape index (κ1) is 15.4. The molecule has 1 aliphatic rings. The summed E-state index contributed by atoms with van der Waals surface area (Å²) in [5.74, 6) is 0. The normalized spacial score (nSPS) is 18.1. The summed E-state index contributed by atoms with van der Waals surface area (Å²) in [5.41, 5.74) is 7.87. The molecule has 0 aliphatic carbocycles. The van der Waals surface area contributed by atoms with Gasteiger partial charge in [0, 0.05) is 25.3 Å². The van der Waals surface area contributed by atoms with Crippen molar-refractivity contribution < 1.29 is 0 Å². The molecule has 0 spiro atoms. The topological polar surface area (TPSA) is 45.4 Å². The molecule has 2 heterocycles. The Kier molecular flexibility index (Phi) is 6.43. The van der Waals surface area contributed by atoms with Crippen LogP contribution in [0.4, 0.5) is 0 Å². The van der Waals surface area contributed by atoms with E-state index in [1.165, 1.54) is 44.7 Å². The number of hydrogen-bond acceptors (Lipinski definition) is 4. The van der Waals surface area contributed by atoms with Gasteiger partial charge in [0.25, 0.3) is 0 Å². The third kappa shape index (κ3) is 5.19. The smallest absolute Gasteiger partial charge is 0.0547 e. The van der Waals surface area contributed by atoms with Crippen molar-refractivity contribution in [3.63, 3.8) is 0 Å². The van der Waals surface area contributed by atoms with Crippen molar-refractivity contribution in [2.24, 2.45) is 5.73 Å². The molecule has 0 amide bonds. The van der Waals surface area contributed by atoms with Gasteiger partial charge in [-0.05, 0) is 64.5 Å². The van der Waals surface area contributed by atoms with Crippen LogP contribution in [0.2, 0.25) is 0 Å². The zero-order valence-electron chi connectivity index (χ0n) is 12.7. The predicted octanol–water partition coefficient (Wildman–Crippen LogP) is 1.64. The van der Waals surface area contributed by atoms with Crippen molar-refractivity contribution in [2.45, 2.75) is 32.7 Å². The second-order valence-electron chi connectivity index (χ2n) is 5.74. The van der Waals surface area contributed by atoms with Gasteiger partial charge < -0.3 is 10.6 Å². The van der Waals surface area contributed by atoms with E-state index in [4.69, 9.17) is 5.73 Å². The molecule has 0 aromatic carbocycles. The highest BCUT2D eigenvalue weighted by Gasteiger charge is 2.14. The third-order valence-corrected chi connectivity index (χ3v) is 3.94. The van der Waals surface area contributed by atoms with E-state index < -0.39 is 0 Å². The molecule has 2 rings (SSSR count). The molecule has 2 N–H and O–H groups in total. The van der Waals surface area contributed by atoms with Crippen LogP contribution < -0.4 is 5.73 Å². The lowest BCUT2D eigenvalue weighted by atomic mass is 10.3. The Morgan fingerprint density at radius 2 is 1.90 bits per heavy atom. The first-order chi connectivity index (χ1) is 9.78. The molecule has 112 valence electrons. The summed E-state index contributed by atoms with van der Waals surface area (Å²) < 4.78 is 0. The second kappa shape index (κ2) is 8.35. The van der Waals surface area contributed by atoms with Gasteiger partial charge in [0.15, 0.2) is 0 Å². The van der Waals surface area contributed by atoms with Crippen LogP contribution in [0.25, 0.3) is 0 Å². The Morgan fingerprint density at radius 3 is 2.70 bits per heavy atom. The van der Waals surface area contributed by atoms with E-state index in [2.05, 4.69) is 39.9 Å². The van der Waals surface area contributed by atoms with Crippen molar-refractivity contribution >= 4 is 0 Å². The van der Waals surface area contributed by atoms with Crippen molar-refractivity contribution in [2.75, 3.05) is 39.3 Å². The zero-order valence-corrected chi connectivity index (χ0v) is 12.7. The molecule has 1 aromatic heterocycles. The minimum absolute atomic E-state index is 0.818. The zero-order chi connectivity index (χ0) is 14.2. The molecule has 1 aromatic rings. The maximum Gasteiger partial charge on any atom is 0.0547 e. The summed E-state index contributed by atoms with van der Waals surface area (Å²) in [4.78, 5) is 9.72. The molecule has 20 heavy (non-hydrogen) atoms. The molecule has 0 saturated carbocycles. The quantitative estimate of drug-likeness (QED) is 0.802. The van der Waals surface area contributed by atoms with Crippen LogP contribution in [0.5, 0.6) is 0 Å². The molecule has 1 fully saturated rings. The minimum Gasteiger partial charge on any atom is -0.330 e. The fraction of sp³-hybridized carbons (Fsp3) is 0.688. The van der Waals surface area contributed by atoms with E-state index in [-0.39, 0.29) is 0 Å². The van der Waals surface area contributed by atoms with E-state index in [9.17, 15) is 0 Å². The first-order valence-electron chi connectivity index (χ1n) is 7.85. The highest BCUT2D eigenvalue weighted by molar-refractivity contribution is 5.09. The Morgan fingerprint density at radius 1 is 1.10 bits per heavy atom. The van der Waals surface area contributed by atoms with Crippen LogP contribution >= 0.6 is 0 Å². The van der Waals surface area contributed by atoms with E-state index in [1.807, 2.05) is 0 Å². The maximum atomic E-state index is 5.56. The number of aromatic nitrogens is 1. The maximum absolute atomic E-state index is 5.56. The predicted molar refractivity (Wildman–Crippen MR) is 83.6 cm³/mol. The fourth-order valence-corrected chi connectivity index (χ4v) is 2.80. The van der Waals surface area contributed by atoms with Gasteiger partial charge in [-0.15, -0.1) is 0 Å². The van der Waals surface area contributed by atoms with Crippen LogP contribution in [-0.4, -0.2) is 54.1 Å². The van der Waals surface area contributed by atoms with Gasteiger partial charge in [-0.2, -0.15) is 0 Å². The van der Waals surface area contributed by atoms with Gasteiger partial charge in [0.1, 0.15) is 0 Å². The van der Waals surface area contributed by atoms with Crippen molar-refractivity contribution in [3.05, 3.63) is 29.6 Å². The summed E-state index contributed by atoms with van der Waals surface area (Å²) in [5, 5.41) is 0. The van der Waals surface area contributed by atoms with Crippen molar-refractivity contribution in [1.82, 2.24) is 14.8 Å². The lowest BCUT2D eigenvalue weighted by Crippen LogP contribution is -2.31. The Labute approximate surface area is 123 Å². The number of aryl methyl sites for hydroxylation is 1. The third-order valence-electron chi connectivity index (χ3n) is 3.94. The number of rotatable bonds is 6. The number of pyridine rings is 1. The first-order valence-corrected chi connectivity index (χ1v) is 7.85. The largest absolute Gasteiger partial charge is 0.330 e. The number of nitrogens with zero attached hydrogens (tertiary/aromatic N) is 3. The van der Waals surface area contributed by atoms with Gasteiger partial charge in [-0.25, -0.2) is 0 Å². The van der Waals surface area contributed by atoms with Gasteiger partial charge in [-0.3, -0.25) is 9.88 Å². The monoisotopic (exact) mass is 276 g/mol. The van der Waals surface area contributed by atoms with Crippen LogP contribution in [0.15, 0.2) is 18.2 Å². The van der Waals surface area contributed by atoms with Gasteiger partial charge in [0.05, 0.1) is 5.69 Å². The SMILES string of the molecule is Cc1cccc(CN2CCCN(CCCCN)CC2)n1. The summed E-state index contributed by atoms with van der Waals surface area (Å²) in [6.45, 7) is 9.80. The van der Waals surface area contributed by atoms with Crippen molar-refractivity contribution in [1.29, 1.82) is 0 Å². The Bertz CT molecular complexity index is 394. The highest BCUT2D eigenvalue weighted by Crippen LogP contribution is 2.08. The van der Waals surface area contributed by atoms with E-state index in [0.29, 0.717) is 0 Å². The molecule has 0 atom stereocenters. The number of hydrogen-bond donors (Lipinski definition) is 1. The number of unbranched alkanes of at least 4 members (excludes halogenated alkanes) is 1. The molecule has 1 saturated heterocycles. The van der Waals surface area contributed by atoms with Crippen LogP contribution in [-0.2, 0) is 6.54 Å². The standard InChI is InChI=1S/C16H28N4/c1-15-6-4-7-16(18-15)14-20-11-5-10-19(12-13-20)9-3-2-8-17/h4,6-7H,2-3,5,8-14,17H2,1H3. The molecule has 1 aliphatic heterocycles. The van der Waals surface area contributed by atoms with Crippen molar-refractivity contribution in [3.8, 4) is 0 Å². The number of nitrogens with two attached hydrogens (primary N) is 1. The average Bonchev–Trinajstić information content (AvgIpc) is 2.65. The minimum atomic E-state index is 0.818. The van der Waals surface area contributed by atoms with Crippen LogP contribution in [0, 0.1) is 6.92 Å². The Hall–Kier alpha value is -0.970.